The Kier molecular flexibility index (Phi) is 4.84. The summed E-state index contributed by atoms with van der Waals surface area (Å²) >= 11 is 1.54. The number of aryl methyl sites for hydroxylation is 2. The highest BCUT2D eigenvalue weighted by Crippen LogP contribution is 2.19. The van der Waals surface area contributed by atoms with Crippen molar-refractivity contribution in [3.63, 3.8) is 0 Å². The van der Waals surface area contributed by atoms with Crippen LogP contribution in [0.3, 0.4) is 0 Å². The zero-order valence-electron chi connectivity index (χ0n) is 11.8. The number of benzene rings is 1. The fourth-order valence-corrected chi connectivity index (χ4v) is 2.51. The van der Waals surface area contributed by atoms with Crippen LogP contribution in [0.5, 0.6) is 0 Å². The first kappa shape index (κ1) is 14.7. The third-order valence-corrected chi connectivity index (χ3v) is 3.99. The Labute approximate surface area is 122 Å². The Morgan fingerprint density at radius 3 is 2.85 bits per heavy atom. The highest BCUT2D eigenvalue weighted by atomic mass is 32.2. The van der Waals surface area contributed by atoms with Crippen LogP contribution in [0, 0.1) is 13.8 Å². The lowest BCUT2D eigenvalue weighted by molar-refractivity contribution is -0.115. The minimum atomic E-state index is -0.146. The lowest BCUT2D eigenvalue weighted by atomic mass is 10.2. The Morgan fingerprint density at radius 2 is 2.20 bits per heavy atom. The maximum atomic E-state index is 12.1. The number of hydrogen-bond acceptors (Lipinski definition) is 4. The highest BCUT2D eigenvalue weighted by molar-refractivity contribution is 7.99. The molecule has 1 amide bonds. The lowest BCUT2D eigenvalue weighted by Gasteiger charge is -2.11. The molecular formula is C15H18N2O2S. The van der Waals surface area contributed by atoms with Gasteiger partial charge >= 0.3 is 0 Å². The summed E-state index contributed by atoms with van der Waals surface area (Å²) in [5.41, 5.74) is 2.82. The molecule has 0 spiro atoms. The van der Waals surface area contributed by atoms with Crippen molar-refractivity contribution in [3.8, 4) is 0 Å². The molecule has 106 valence electrons. The molecule has 0 aliphatic carbocycles. The standard InChI is InChI=1S/C15H18N2O2S/c1-10-5-4-6-13(7-10)16-15(18)12(3)20-9-14-8-11(2)19-17-14/h4-8,12H,9H2,1-3H3,(H,16,18)/t12-/m1/s1. The number of amides is 1. The Hall–Kier alpha value is -1.75. The van der Waals surface area contributed by atoms with Crippen LogP contribution >= 0.6 is 11.8 Å². The molecule has 1 aromatic heterocycles. The van der Waals surface area contributed by atoms with E-state index >= 15 is 0 Å². The van der Waals surface area contributed by atoms with Crippen LogP contribution in [-0.2, 0) is 10.5 Å². The van der Waals surface area contributed by atoms with Crippen molar-refractivity contribution in [2.45, 2.75) is 31.8 Å². The first-order chi connectivity index (χ1) is 9.54. The van der Waals surface area contributed by atoms with E-state index < -0.39 is 0 Å². The first-order valence-corrected chi connectivity index (χ1v) is 7.51. The summed E-state index contributed by atoms with van der Waals surface area (Å²) in [7, 11) is 0. The minimum Gasteiger partial charge on any atom is -0.361 e. The molecule has 1 aromatic carbocycles. The van der Waals surface area contributed by atoms with E-state index in [1.807, 2.05) is 51.1 Å². The smallest absolute Gasteiger partial charge is 0.237 e. The second-order valence-electron chi connectivity index (χ2n) is 4.74. The van der Waals surface area contributed by atoms with Crippen LogP contribution < -0.4 is 5.32 Å². The number of nitrogens with one attached hydrogen (secondary N) is 1. The van der Waals surface area contributed by atoms with E-state index in [1.54, 1.807) is 0 Å². The topological polar surface area (TPSA) is 55.1 Å². The van der Waals surface area contributed by atoms with Crippen LogP contribution in [0.1, 0.15) is 23.9 Å². The molecule has 0 saturated carbocycles. The van der Waals surface area contributed by atoms with Crippen molar-refractivity contribution in [3.05, 3.63) is 47.3 Å². The molecular weight excluding hydrogens is 272 g/mol. The second-order valence-corrected chi connectivity index (χ2v) is 6.07. The quantitative estimate of drug-likeness (QED) is 0.915. The third-order valence-electron chi connectivity index (χ3n) is 2.81. The third kappa shape index (κ3) is 4.13. The van der Waals surface area contributed by atoms with Gasteiger partial charge in [-0.25, -0.2) is 0 Å². The predicted molar refractivity (Wildman–Crippen MR) is 81.8 cm³/mol. The molecule has 1 N–H and O–H groups in total. The molecule has 1 atom stereocenters. The van der Waals surface area contributed by atoms with E-state index in [-0.39, 0.29) is 11.2 Å². The van der Waals surface area contributed by atoms with Gasteiger partial charge in [0.2, 0.25) is 5.91 Å². The average molecular weight is 290 g/mol. The van der Waals surface area contributed by atoms with Gasteiger partial charge in [0.15, 0.2) is 0 Å². The van der Waals surface area contributed by atoms with Crippen LogP contribution in [0.25, 0.3) is 0 Å². The van der Waals surface area contributed by atoms with Gasteiger partial charge in [0, 0.05) is 17.5 Å². The number of nitrogens with zero attached hydrogens (tertiary/aromatic N) is 1. The predicted octanol–water partition coefficient (Wildman–Crippen LogP) is 3.55. The zero-order chi connectivity index (χ0) is 14.5. The number of anilines is 1. The van der Waals surface area contributed by atoms with E-state index in [9.17, 15) is 4.79 Å². The van der Waals surface area contributed by atoms with Crippen LogP contribution in [0.15, 0.2) is 34.9 Å². The largest absolute Gasteiger partial charge is 0.361 e. The lowest BCUT2D eigenvalue weighted by Crippen LogP contribution is -2.22. The van der Waals surface area contributed by atoms with Gasteiger partial charge in [-0.3, -0.25) is 4.79 Å². The first-order valence-electron chi connectivity index (χ1n) is 6.46. The fraction of sp³-hybridized carbons (Fsp3) is 0.333. The maximum absolute atomic E-state index is 12.1. The molecule has 1 heterocycles. The molecule has 0 unspecified atom stereocenters. The number of carbonyl (C=O) groups is 1. The van der Waals surface area contributed by atoms with Gasteiger partial charge in [0.25, 0.3) is 0 Å². The normalized spacial score (nSPS) is 12.2. The van der Waals surface area contributed by atoms with Crippen molar-refractivity contribution in [2.24, 2.45) is 0 Å². The molecule has 5 heteroatoms. The van der Waals surface area contributed by atoms with Gasteiger partial charge < -0.3 is 9.84 Å². The minimum absolute atomic E-state index is 0.000756. The summed E-state index contributed by atoms with van der Waals surface area (Å²) < 4.78 is 5.00. The molecule has 0 fully saturated rings. The molecule has 4 nitrogen and oxygen atoms in total. The van der Waals surface area contributed by atoms with Gasteiger partial charge in [-0.05, 0) is 38.5 Å². The van der Waals surface area contributed by atoms with Crippen molar-refractivity contribution in [1.82, 2.24) is 5.16 Å². The monoisotopic (exact) mass is 290 g/mol. The Balaban J connectivity index is 1.85. The second kappa shape index (κ2) is 6.61. The molecule has 2 aromatic rings. The van der Waals surface area contributed by atoms with Crippen LogP contribution in [0.4, 0.5) is 5.69 Å². The van der Waals surface area contributed by atoms with Gasteiger partial charge in [0.05, 0.1) is 10.9 Å². The highest BCUT2D eigenvalue weighted by Gasteiger charge is 2.14. The summed E-state index contributed by atoms with van der Waals surface area (Å²) in [6.45, 7) is 5.75. The van der Waals surface area contributed by atoms with E-state index in [2.05, 4.69) is 10.5 Å². The van der Waals surface area contributed by atoms with Crippen LogP contribution in [-0.4, -0.2) is 16.3 Å². The number of rotatable bonds is 5. The SMILES string of the molecule is Cc1cccc(NC(=O)[C@@H](C)SCc2cc(C)on2)c1. The van der Waals surface area contributed by atoms with Crippen molar-refractivity contribution in [1.29, 1.82) is 0 Å². The van der Waals surface area contributed by atoms with E-state index in [0.717, 1.165) is 22.7 Å². The molecule has 20 heavy (non-hydrogen) atoms. The summed E-state index contributed by atoms with van der Waals surface area (Å²) in [4.78, 5) is 12.1. The van der Waals surface area contributed by atoms with Crippen molar-refractivity contribution < 1.29 is 9.32 Å². The number of hydrogen-bond donors (Lipinski definition) is 1. The maximum Gasteiger partial charge on any atom is 0.237 e. The fourth-order valence-electron chi connectivity index (χ4n) is 1.74. The molecule has 0 radical (unpaired) electrons. The summed E-state index contributed by atoms with van der Waals surface area (Å²) in [5.74, 6) is 1.46. The van der Waals surface area contributed by atoms with Gasteiger partial charge in [-0.1, -0.05) is 17.3 Å². The van der Waals surface area contributed by atoms with Crippen molar-refractivity contribution in [2.75, 3.05) is 5.32 Å². The molecule has 2 rings (SSSR count). The molecule has 0 aliphatic heterocycles. The number of thioether (sulfide) groups is 1. The summed E-state index contributed by atoms with van der Waals surface area (Å²) in [6.07, 6.45) is 0. The number of carbonyl (C=O) groups excluding carboxylic acids is 1. The van der Waals surface area contributed by atoms with Crippen molar-refractivity contribution >= 4 is 23.4 Å². The molecule has 0 bridgehead atoms. The van der Waals surface area contributed by atoms with Crippen LogP contribution in [0.2, 0.25) is 0 Å². The molecule has 0 saturated heterocycles. The van der Waals surface area contributed by atoms with E-state index in [4.69, 9.17) is 4.52 Å². The van der Waals surface area contributed by atoms with Gasteiger partial charge in [-0.15, -0.1) is 11.8 Å². The van der Waals surface area contributed by atoms with E-state index in [1.165, 1.54) is 11.8 Å². The van der Waals surface area contributed by atoms with E-state index in [0.29, 0.717) is 5.75 Å². The zero-order valence-corrected chi connectivity index (χ0v) is 12.7. The summed E-state index contributed by atoms with van der Waals surface area (Å²) in [5, 5.41) is 6.69. The Morgan fingerprint density at radius 1 is 1.40 bits per heavy atom. The number of aromatic nitrogens is 1. The Bertz CT molecular complexity index is 595. The molecule has 0 aliphatic rings. The van der Waals surface area contributed by atoms with Gasteiger partial charge in [0.1, 0.15) is 5.76 Å². The summed E-state index contributed by atoms with van der Waals surface area (Å²) in [6, 6.07) is 9.67. The van der Waals surface area contributed by atoms with Gasteiger partial charge in [-0.2, -0.15) is 0 Å². The average Bonchev–Trinajstić information content (AvgIpc) is 2.81.